The van der Waals surface area contributed by atoms with Crippen molar-refractivity contribution in [1.29, 1.82) is 0 Å². The van der Waals surface area contributed by atoms with Gasteiger partial charge in [-0.25, -0.2) is 0 Å². The number of hydrogen-bond acceptors (Lipinski definition) is 5. The molecule has 0 radical (unpaired) electrons. The van der Waals surface area contributed by atoms with E-state index in [1.807, 2.05) is 0 Å². The van der Waals surface area contributed by atoms with E-state index < -0.39 is 12.2 Å². The fourth-order valence-corrected chi connectivity index (χ4v) is 1.17. The summed E-state index contributed by atoms with van der Waals surface area (Å²) >= 11 is 0. The molecule has 1 rings (SSSR count). The zero-order valence-corrected chi connectivity index (χ0v) is 8.43. The maximum absolute atomic E-state index is 9.66. The maximum Gasteiger partial charge on any atom is 0.122 e. The largest absolute Gasteiger partial charge is 0.392 e. The van der Waals surface area contributed by atoms with E-state index in [9.17, 15) is 10.2 Å². The van der Waals surface area contributed by atoms with E-state index in [0.717, 1.165) is 0 Å². The molecule has 86 valence electrons. The lowest BCUT2D eigenvalue weighted by Gasteiger charge is -2.15. The summed E-state index contributed by atoms with van der Waals surface area (Å²) in [4.78, 5) is 6.34. The Morgan fingerprint density at radius 3 is 2.88 bits per heavy atom. The Kier molecular flexibility index (Phi) is 4.68. The molecule has 0 aliphatic heterocycles. The Balaban J connectivity index is 2.78. The van der Waals surface area contributed by atoms with E-state index in [4.69, 9.17) is 10.6 Å². The minimum absolute atomic E-state index is 0.172. The van der Waals surface area contributed by atoms with Gasteiger partial charge >= 0.3 is 0 Å². The molecule has 1 aromatic heterocycles. The lowest BCUT2D eigenvalue weighted by molar-refractivity contribution is 0.0217. The molecule has 0 aromatic carbocycles. The molecule has 2 unspecified atom stereocenters. The summed E-state index contributed by atoms with van der Waals surface area (Å²) < 4.78 is 0. The molecule has 0 amide bonds. The van der Waals surface area contributed by atoms with Gasteiger partial charge in [0.2, 0.25) is 0 Å². The average Bonchev–Trinajstić information content (AvgIpc) is 2.35. The number of rotatable bonds is 5. The van der Waals surface area contributed by atoms with Crippen molar-refractivity contribution >= 4 is 0 Å². The number of azide groups is 1. The molecule has 0 saturated carbocycles. The first kappa shape index (κ1) is 12.4. The Morgan fingerprint density at radius 2 is 2.25 bits per heavy atom. The van der Waals surface area contributed by atoms with Crippen LogP contribution in [0.3, 0.4) is 0 Å². The number of aliphatic hydroxyl groups excluding tert-OH is 3. The first-order valence-electron chi connectivity index (χ1n) is 4.61. The Hall–Kier alpha value is -1.66. The van der Waals surface area contributed by atoms with Crippen LogP contribution in [0.15, 0.2) is 23.4 Å². The predicted molar refractivity (Wildman–Crippen MR) is 55.1 cm³/mol. The highest BCUT2D eigenvalue weighted by atomic mass is 16.3. The summed E-state index contributed by atoms with van der Waals surface area (Å²) in [7, 11) is 0. The summed E-state index contributed by atoms with van der Waals surface area (Å²) in [6.45, 7) is -0.405. The molecule has 2 atom stereocenters. The van der Waals surface area contributed by atoms with Crippen molar-refractivity contribution in [3.05, 3.63) is 40.0 Å². The zero-order chi connectivity index (χ0) is 12.0. The molecule has 0 aliphatic rings. The van der Waals surface area contributed by atoms with Gasteiger partial charge in [0.25, 0.3) is 0 Å². The number of hydrogen-bond donors (Lipinski definition) is 3. The first-order chi connectivity index (χ1) is 7.69. The third-order valence-electron chi connectivity index (χ3n) is 2.03. The molecule has 7 heteroatoms. The number of pyridine rings is 1. The second-order valence-electron chi connectivity index (χ2n) is 3.17. The quantitative estimate of drug-likeness (QED) is 0.377. The Bertz CT molecular complexity index is 392. The van der Waals surface area contributed by atoms with E-state index >= 15 is 0 Å². The van der Waals surface area contributed by atoms with Crippen molar-refractivity contribution in [2.75, 3.05) is 6.54 Å². The molecule has 16 heavy (non-hydrogen) atoms. The second-order valence-corrected chi connectivity index (χ2v) is 3.17. The van der Waals surface area contributed by atoms with Gasteiger partial charge in [-0.3, -0.25) is 4.98 Å². The monoisotopic (exact) mass is 224 g/mol. The van der Waals surface area contributed by atoms with Crippen LogP contribution in [0.4, 0.5) is 0 Å². The van der Waals surface area contributed by atoms with Crippen LogP contribution in [0.5, 0.6) is 0 Å². The minimum Gasteiger partial charge on any atom is -0.392 e. The molecule has 3 N–H and O–H groups in total. The van der Waals surface area contributed by atoms with Crippen LogP contribution in [0.25, 0.3) is 10.4 Å². The van der Waals surface area contributed by atoms with Gasteiger partial charge in [-0.05, 0) is 23.2 Å². The highest BCUT2D eigenvalue weighted by molar-refractivity contribution is 5.17. The second kappa shape index (κ2) is 6.04. The van der Waals surface area contributed by atoms with Crippen LogP contribution in [0.1, 0.15) is 17.4 Å². The zero-order valence-electron chi connectivity index (χ0n) is 8.43. The molecule has 0 aliphatic carbocycles. The van der Waals surface area contributed by atoms with Gasteiger partial charge in [0.15, 0.2) is 0 Å². The van der Waals surface area contributed by atoms with Crippen LogP contribution >= 0.6 is 0 Å². The lowest BCUT2D eigenvalue weighted by atomic mass is 10.1. The molecule has 7 nitrogen and oxygen atoms in total. The summed E-state index contributed by atoms with van der Waals surface area (Å²) in [5, 5.41) is 31.1. The fraction of sp³-hybridized carbons (Fsp3) is 0.444. The van der Waals surface area contributed by atoms with Crippen molar-refractivity contribution in [2.24, 2.45) is 5.11 Å². The topological polar surface area (TPSA) is 122 Å². The van der Waals surface area contributed by atoms with Crippen molar-refractivity contribution in [3.63, 3.8) is 0 Å². The van der Waals surface area contributed by atoms with Crippen LogP contribution < -0.4 is 0 Å². The van der Waals surface area contributed by atoms with E-state index in [0.29, 0.717) is 5.56 Å². The van der Waals surface area contributed by atoms with Gasteiger partial charge in [-0.2, -0.15) is 0 Å². The molecule has 0 fully saturated rings. The molecule has 1 heterocycles. The van der Waals surface area contributed by atoms with Crippen LogP contribution in [0, 0.1) is 0 Å². The lowest BCUT2D eigenvalue weighted by Crippen LogP contribution is -2.22. The Morgan fingerprint density at radius 1 is 1.50 bits per heavy atom. The number of aromatic nitrogens is 1. The van der Waals surface area contributed by atoms with Crippen LogP contribution in [0.2, 0.25) is 0 Å². The molecule has 0 saturated heterocycles. The van der Waals surface area contributed by atoms with Crippen LogP contribution in [-0.2, 0) is 6.61 Å². The standard InChI is InChI=1S/C9H12N4O3/c10-13-12-4-8(15)9(16)7-3-6(5-14)1-2-11-7/h1-3,8-9,14-16H,4-5H2. The molecule has 0 bridgehead atoms. The van der Waals surface area contributed by atoms with Crippen molar-refractivity contribution in [1.82, 2.24) is 4.98 Å². The minimum atomic E-state index is -1.24. The normalized spacial score (nSPS) is 13.9. The van der Waals surface area contributed by atoms with Gasteiger partial charge in [0.05, 0.1) is 24.9 Å². The van der Waals surface area contributed by atoms with E-state index in [2.05, 4.69) is 15.0 Å². The molecular weight excluding hydrogens is 212 g/mol. The van der Waals surface area contributed by atoms with Gasteiger partial charge in [0.1, 0.15) is 6.10 Å². The van der Waals surface area contributed by atoms with Crippen LogP contribution in [-0.4, -0.2) is 33.0 Å². The van der Waals surface area contributed by atoms with E-state index in [1.165, 1.54) is 12.3 Å². The van der Waals surface area contributed by atoms with E-state index in [1.54, 1.807) is 6.07 Å². The predicted octanol–water partition coefficient (Wildman–Crippen LogP) is 0.279. The Labute approximate surface area is 91.6 Å². The highest BCUT2D eigenvalue weighted by Gasteiger charge is 2.18. The first-order valence-corrected chi connectivity index (χ1v) is 4.61. The molecule has 0 spiro atoms. The average molecular weight is 224 g/mol. The van der Waals surface area contributed by atoms with E-state index in [-0.39, 0.29) is 18.8 Å². The molecular formula is C9H12N4O3. The maximum atomic E-state index is 9.66. The summed E-state index contributed by atoms with van der Waals surface area (Å²) in [6.07, 6.45) is -1.03. The SMILES string of the molecule is [N-]=[N+]=NCC(O)C(O)c1cc(CO)ccn1. The van der Waals surface area contributed by atoms with Gasteiger partial charge in [0, 0.05) is 11.1 Å². The van der Waals surface area contributed by atoms with Crippen molar-refractivity contribution < 1.29 is 15.3 Å². The van der Waals surface area contributed by atoms with Crippen molar-refractivity contribution in [3.8, 4) is 0 Å². The summed E-state index contributed by atoms with van der Waals surface area (Å²) in [5.41, 5.74) is 8.88. The summed E-state index contributed by atoms with van der Waals surface area (Å²) in [6, 6.07) is 3.07. The third kappa shape index (κ3) is 3.18. The van der Waals surface area contributed by atoms with Gasteiger partial charge < -0.3 is 15.3 Å². The smallest absolute Gasteiger partial charge is 0.122 e. The fourth-order valence-electron chi connectivity index (χ4n) is 1.17. The van der Waals surface area contributed by atoms with Crippen molar-refractivity contribution in [2.45, 2.75) is 18.8 Å². The molecule has 1 aromatic rings. The highest BCUT2D eigenvalue weighted by Crippen LogP contribution is 2.16. The summed E-state index contributed by atoms with van der Waals surface area (Å²) in [5.74, 6) is 0. The van der Waals surface area contributed by atoms with Gasteiger partial charge in [-0.15, -0.1) is 0 Å². The number of nitrogens with zero attached hydrogens (tertiary/aromatic N) is 4. The third-order valence-corrected chi connectivity index (χ3v) is 2.03. The van der Waals surface area contributed by atoms with Gasteiger partial charge in [-0.1, -0.05) is 5.11 Å². The number of aliphatic hydroxyl groups is 3.